The standard InChI is InChI=1S/C27H24FIN6O/c28-13-11-19(18-12-14-32-26(18)30)27(36)34-24-17-7-2-1-6-16(17)23-20(24)8-5-9-21(23)25(29)33-22-10-3-4-15-35(22)31/h1-12,14-15,24-25,32H,13,30-31H2,(H,34,36)/b19-11+,33-22-. The van der Waals surface area contributed by atoms with E-state index in [1.807, 2.05) is 60.7 Å². The Morgan fingerprint density at radius 3 is 2.67 bits per heavy atom. The first-order valence-corrected chi connectivity index (χ1v) is 12.6. The van der Waals surface area contributed by atoms with Gasteiger partial charge in [-0.2, -0.15) is 0 Å². The number of carbonyl (C=O) groups is 1. The Morgan fingerprint density at radius 2 is 1.92 bits per heavy atom. The van der Waals surface area contributed by atoms with E-state index < -0.39 is 18.6 Å². The summed E-state index contributed by atoms with van der Waals surface area (Å²) in [5.41, 5.74) is 12.3. The molecule has 1 aliphatic carbocycles. The number of nitrogen functional groups attached to an aromatic ring is 2. The molecule has 0 saturated carbocycles. The summed E-state index contributed by atoms with van der Waals surface area (Å²) < 4.78 is 14.6. The molecule has 2 unspecified atom stereocenters. The van der Waals surface area contributed by atoms with Crippen molar-refractivity contribution in [2.45, 2.75) is 10.1 Å². The van der Waals surface area contributed by atoms with E-state index in [0.29, 0.717) is 16.9 Å². The molecule has 0 spiro atoms. The predicted octanol–water partition coefficient (Wildman–Crippen LogP) is 4.39. The van der Waals surface area contributed by atoms with Crippen LogP contribution in [0.1, 0.15) is 32.3 Å². The van der Waals surface area contributed by atoms with Crippen molar-refractivity contribution in [1.82, 2.24) is 15.0 Å². The van der Waals surface area contributed by atoms with Crippen LogP contribution in [0.2, 0.25) is 0 Å². The molecule has 182 valence electrons. The highest BCUT2D eigenvalue weighted by Gasteiger charge is 2.33. The second-order valence-corrected chi connectivity index (χ2v) is 9.49. The van der Waals surface area contributed by atoms with Crippen LogP contribution in [-0.4, -0.2) is 22.2 Å². The van der Waals surface area contributed by atoms with E-state index in [2.05, 4.69) is 32.9 Å². The Morgan fingerprint density at radius 1 is 1.14 bits per heavy atom. The number of aromatic nitrogens is 2. The number of halogens is 2. The zero-order valence-corrected chi connectivity index (χ0v) is 21.3. The number of anilines is 1. The summed E-state index contributed by atoms with van der Waals surface area (Å²) in [6.45, 7) is -0.784. The average Bonchev–Trinajstić information content (AvgIpc) is 3.45. The molecular formula is C27H24FIN6O. The second kappa shape index (κ2) is 10.0. The van der Waals surface area contributed by atoms with E-state index in [1.165, 1.54) is 10.8 Å². The summed E-state index contributed by atoms with van der Waals surface area (Å²) in [6.07, 6.45) is 4.62. The van der Waals surface area contributed by atoms with Gasteiger partial charge in [0.05, 0.1) is 6.04 Å². The summed E-state index contributed by atoms with van der Waals surface area (Å²) in [5, 5.41) is 3.12. The number of hydrogen-bond donors (Lipinski definition) is 4. The summed E-state index contributed by atoms with van der Waals surface area (Å²) >= 11 is 2.29. The van der Waals surface area contributed by atoms with E-state index >= 15 is 0 Å². The molecule has 36 heavy (non-hydrogen) atoms. The van der Waals surface area contributed by atoms with Gasteiger partial charge in [-0.15, -0.1) is 0 Å². The number of allylic oxidation sites excluding steroid dienone is 1. The minimum atomic E-state index is -0.784. The molecule has 0 fully saturated rings. The van der Waals surface area contributed by atoms with Crippen LogP contribution in [0.25, 0.3) is 16.7 Å². The number of aromatic amines is 1. The molecule has 0 radical (unpaired) electrons. The summed E-state index contributed by atoms with van der Waals surface area (Å²) in [6, 6.07) is 20.8. The molecule has 0 bridgehead atoms. The number of hydrogen-bond acceptors (Lipinski definition) is 4. The summed E-state index contributed by atoms with van der Waals surface area (Å²) in [5.74, 6) is 5.96. The first-order chi connectivity index (χ1) is 17.5. The lowest BCUT2D eigenvalue weighted by molar-refractivity contribution is -0.116. The number of benzene rings is 2. The van der Waals surface area contributed by atoms with Gasteiger partial charge in [-0.05, 0) is 52.1 Å². The summed E-state index contributed by atoms with van der Waals surface area (Å²) in [4.78, 5) is 21.1. The predicted molar refractivity (Wildman–Crippen MR) is 148 cm³/mol. The second-order valence-electron chi connectivity index (χ2n) is 8.31. The number of carbonyl (C=O) groups excluding carboxylic acids is 1. The molecule has 1 aliphatic rings. The number of amides is 1. The molecule has 2 aromatic carbocycles. The zero-order chi connectivity index (χ0) is 25.2. The molecule has 9 heteroatoms. The SMILES string of the molecule is Nc1[nH]ccc1/C(=C\CF)C(=O)NC1c2ccccc2-c2c(C(I)/N=c3/ccccn3N)cccc21. The largest absolute Gasteiger partial charge is 0.385 e. The lowest BCUT2D eigenvalue weighted by atomic mass is 9.99. The quantitative estimate of drug-likeness (QED) is 0.0874. The first kappa shape index (κ1) is 23.9. The molecular weight excluding hydrogens is 570 g/mol. The third-order valence-electron chi connectivity index (χ3n) is 6.22. The lowest BCUT2D eigenvalue weighted by Crippen LogP contribution is -2.29. The highest BCUT2D eigenvalue weighted by Crippen LogP contribution is 2.48. The van der Waals surface area contributed by atoms with Crippen molar-refractivity contribution in [3.63, 3.8) is 0 Å². The van der Waals surface area contributed by atoms with Gasteiger partial charge >= 0.3 is 0 Å². The number of H-pyrrole nitrogens is 1. The van der Waals surface area contributed by atoms with Gasteiger partial charge < -0.3 is 21.9 Å². The molecule has 5 rings (SSSR count). The van der Waals surface area contributed by atoms with Crippen LogP contribution in [0.3, 0.4) is 0 Å². The van der Waals surface area contributed by atoms with Crippen LogP contribution in [0, 0.1) is 0 Å². The van der Waals surface area contributed by atoms with Crippen molar-refractivity contribution in [3.05, 3.63) is 113 Å². The van der Waals surface area contributed by atoms with E-state index in [-0.39, 0.29) is 9.62 Å². The number of alkyl halides is 2. The monoisotopic (exact) mass is 594 g/mol. The van der Waals surface area contributed by atoms with Crippen molar-refractivity contribution in [2.75, 3.05) is 18.3 Å². The topological polar surface area (TPSA) is 114 Å². The van der Waals surface area contributed by atoms with Gasteiger partial charge in [-0.3, -0.25) is 9.47 Å². The van der Waals surface area contributed by atoms with Gasteiger partial charge in [-0.25, -0.2) is 9.38 Å². The van der Waals surface area contributed by atoms with E-state index in [4.69, 9.17) is 16.6 Å². The smallest absolute Gasteiger partial charge is 0.252 e. The van der Waals surface area contributed by atoms with Crippen molar-refractivity contribution in [3.8, 4) is 11.1 Å². The Labute approximate surface area is 220 Å². The van der Waals surface area contributed by atoms with Gasteiger partial charge in [-0.1, -0.05) is 71.1 Å². The molecule has 4 aromatic rings. The van der Waals surface area contributed by atoms with Crippen LogP contribution < -0.4 is 22.4 Å². The highest BCUT2D eigenvalue weighted by atomic mass is 127. The van der Waals surface area contributed by atoms with Crippen molar-refractivity contribution in [1.29, 1.82) is 0 Å². The van der Waals surface area contributed by atoms with Gasteiger partial charge in [0.1, 0.15) is 22.0 Å². The Kier molecular flexibility index (Phi) is 6.64. The van der Waals surface area contributed by atoms with Gasteiger partial charge in [0, 0.05) is 23.5 Å². The van der Waals surface area contributed by atoms with E-state index in [1.54, 1.807) is 18.5 Å². The van der Waals surface area contributed by atoms with Crippen LogP contribution >= 0.6 is 22.6 Å². The first-order valence-electron chi connectivity index (χ1n) is 11.3. The third-order valence-corrected chi connectivity index (χ3v) is 7.17. The number of rotatable bonds is 6. The molecule has 2 heterocycles. The molecule has 2 aromatic heterocycles. The molecule has 6 N–H and O–H groups in total. The van der Waals surface area contributed by atoms with Gasteiger partial charge in [0.2, 0.25) is 0 Å². The highest BCUT2D eigenvalue weighted by molar-refractivity contribution is 14.1. The maximum atomic E-state index is 13.4. The van der Waals surface area contributed by atoms with Crippen LogP contribution in [0.5, 0.6) is 0 Å². The summed E-state index contributed by atoms with van der Waals surface area (Å²) in [7, 11) is 0. The molecule has 1 amide bonds. The maximum Gasteiger partial charge on any atom is 0.252 e. The normalized spacial score (nSPS) is 15.9. The minimum Gasteiger partial charge on any atom is -0.385 e. The maximum absolute atomic E-state index is 13.4. The molecule has 0 aliphatic heterocycles. The Balaban J connectivity index is 1.57. The molecule has 0 saturated heterocycles. The Bertz CT molecular complexity index is 1540. The number of nitrogens with two attached hydrogens (primary N) is 2. The minimum absolute atomic E-state index is 0.191. The van der Waals surface area contributed by atoms with Crippen molar-refractivity contribution < 1.29 is 9.18 Å². The fraction of sp³-hybridized carbons (Fsp3) is 0.111. The van der Waals surface area contributed by atoms with Crippen molar-refractivity contribution >= 4 is 39.9 Å². The van der Waals surface area contributed by atoms with Crippen LogP contribution in [0.15, 0.2) is 90.2 Å². The zero-order valence-electron chi connectivity index (χ0n) is 19.2. The van der Waals surface area contributed by atoms with Crippen molar-refractivity contribution in [2.24, 2.45) is 4.99 Å². The fourth-order valence-electron chi connectivity index (χ4n) is 4.61. The van der Waals surface area contributed by atoms with Gasteiger partial charge in [0.25, 0.3) is 5.91 Å². The van der Waals surface area contributed by atoms with Gasteiger partial charge in [0.15, 0.2) is 0 Å². The molecule has 2 atom stereocenters. The third kappa shape index (κ3) is 4.30. The number of fused-ring (bicyclic) bond motifs is 3. The fourth-order valence-corrected chi connectivity index (χ4v) is 5.41. The van der Waals surface area contributed by atoms with Crippen LogP contribution in [0.4, 0.5) is 10.2 Å². The Hall–Kier alpha value is -3.86. The average molecular weight is 594 g/mol. The van der Waals surface area contributed by atoms with Crippen LogP contribution in [-0.2, 0) is 4.79 Å². The number of pyridine rings is 1. The number of nitrogens with one attached hydrogen (secondary N) is 2. The van der Waals surface area contributed by atoms with E-state index in [9.17, 15) is 9.18 Å². The lowest BCUT2D eigenvalue weighted by Gasteiger charge is -2.18. The van der Waals surface area contributed by atoms with E-state index in [0.717, 1.165) is 27.8 Å². The molecule has 7 nitrogen and oxygen atoms in total. The number of nitrogens with zero attached hydrogens (tertiary/aromatic N) is 2.